The van der Waals surface area contributed by atoms with Crippen molar-refractivity contribution in [2.45, 2.75) is 19.5 Å². The summed E-state index contributed by atoms with van der Waals surface area (Å²) < 4.78 is 5.44. The van der Waals surface area contributed by atoms with Crippen molar-refractivity contribution in [3.05, 3.63) is 59.1 Å². The highest BCUT2D eigenvalue weighted by Crippen LogP contribution is 2.24. The second kappa shape index (κ2) is 7.11. The average Bonchev–Trinajstić information content (AvgIpc) is 3.11. The number of fused-ring (bicyclic) bond motifs is 1. The number of benzene rings is 1. The van der Waals surface area contributed by atoms with E-state index in [1.165, 1.54) is 16.7 Å². The van der Waals surface area contributed by atoms with E-state index in [1.807, 2.05) is 0 Å². The summed E-state index contributed by atoms with van der Waals surface area (Å²) in [6.45, 7) is 5.44. The van der Waals surface area contributed by atoms with E-state index in [0.717, 1.165) is 57.3 Å². The highest BCUT2D eigenvalue weighted by Gasteiger charge is 2.14. The third-order valence-corrected chi connectivity index (χ3v) is 4.64. The van der Waals surface area contributed by atoms with Gasteiger partial charge in [0.25, 0.3) is 0 Å². The van der Waals surface area contributed by atoms with Crippen molar-refractivity contribution in [3.63, 3.8) is 0 Å². The fraction of sp³-hybridized carbons (Fsp3) is 0.368. The van der Waals surface area contributed by atoms with Crippen molar-refractivity contribution in [2.75, 3.05) is 31.6 Å². The van der Waals surface area contributed by atoms with Gasteiger partial charge >= 0.3 is 0 Å². The summed E-state index contributed by atoms with van der Waals surface area (Å²) in [5, 5.41) is 3.50. The van der Waals surface area contributed by atoms with E-state index < -0.39 is 0 Å². The Morgan fingerprint density at radius 3 is 2.79 bits per heavy atom. The van der Waals surface area contributed by atoms with Crippen LogP contribution < -0.4 is 5.32 Å². The Morgan fingerprint density at radius 2 is 1.92 bits per heavy atom. The Labute approximate surface area is 142 Å². The summed E-state index contributed by atoms with van der Waals surface area (Å²) in [6, 6.07) is 8.64. The summed E-state index contributed by atoms with van der Waals surface area (Å²) in [5.41, 5.74) is 4.93. The molecule has 0 spiro atoms. The summed E-state index contributed by atoms with van der Waals surface area (Å²) >= 11 is 0. The lowest BCUT2D eigenvalue weighted by atomic mass is 10.1. The number of nitrogens with one attached hydrogen (secondary N) is 1. The molecule has 2 aromatic rings. The van der Waals surface area contributed by atoms with Crippen LogP contribution in [0.15, 0.2) is 36.7 Å². The van der Waals surface area contributed by atoms with Crippen LogP contribution >= 0.6 is 0 Å². The van der Waals surface area contributed by atoms with Crippen LogP contribution in [-0.2, 0) is 24.2 Å². The number of rotatable bonds is 5. The van der Waals surface area contributed by atoms with Gasteiger partial charge in [-0.2, -0.15) is 0 Å². The van der Waals surface area contributed by atoms with E-state index in [2.05, 4.69) is 56.6 Å². The molecule has 124 valence electrons. The lowest BCUT2D eigenvalue weighted by molar-refractivity contribution is 0.0341. The molecule has 1 N–H and O–H groups in total. The van der Waals surface area contributed by atoms with Gasteiger partial charge in [0.2, 0.25) is 0 Å². The monoisotopic (exact) mass is 322 g/mol. The summed E-state index contributed by atoms with van der Waals surface area (Å²) in [4.78, 5) is 11.2. The molecule has 1 aromatic heterocycles. The molecule has 0 bridgehead atoms. The largest absolute Gasteiger partial charge is 0.379 e. The maximum Gasteiger partial charge on any atom is 0.133 e. The molecule has 0 radical (unpaired) electrons. The van der Waals surface area contributed by atoms with Crippen LogP contribution in [0.25, 0.3) is 6.08 Å². The standard InChI is InChI=1S/C19H22N4O/c1-2-5-16(13-23-8-10-24-11-9-23)15(4-1)12-20-19-17-6-3-7-18(17)21-14-22-19/h1-5,7,14H,6,8-13H2,(H,20,21,22). The first kappa shape index (κ1) is 15.3. The first-order valence-corrected chi connectivity index (χ1v) is 8.51. The van der Waals surface area contributed by atoms with Crippen LogP contribution in [0.2, 0.25) is 0 Å². The topological polar surface area (TPSA) is 50.3 Å². The zero-order valence-corrected chi connectivity index (χ0v) is 13.7. The Bertz CT molecular complexity index is 738. The van der Waals surface area contributed by atoms with Gasteiger partial charge in [-0.1, -0.05) is 30.3 Å². The predicted octanol–water partition coefficient (Wildman–Crippen LogP) is 2.49. The molecular formula is C19H22N4O. The third kappa shape index (κ3) is 3.32. The molecule has 1 aliphatic heterocycles. The van der Waals surface area contributed by atoms with Gasteiger partial charge in [-0.3, -0.25) is 4.90 Å². The highest BCUT2D eigenvalue weighted by molar-refractivity contribution is 5.63. The summed E-state index contributed by atoms with van der Waals surface area (Å²) in [6.07, 6.45) is 6.75. The van der Waals surface area contributed by atoms with Gasteiger partial charge in [0.05, 0.1) is 18.9 Å². The van der Waals surface area contributed by atoms with Crippen molar-refractivity contribution >= 4 is 11.9 Å². The van der Waals surface area contributed by atoms with Crippen LogP contribution in [0.3, 0.4) is 0 Å². The van der Waals surface area contributed by atoms with E-state index >= 15 is 0 Å². The van der Waals surface area contributed by atoms with Crippen molar-refractivity contribution in [2.24, 2.45) is 0 Å². The molecule has 0 saturated carbocycles. The average molecular weight is 322 g/mol. The van der Waals surface area contributed by atoms with Gasteiger partial charge in [-0.25, -0.2) is 9.97 Å². The first-order valence-electron chi connectivity index (χ1n) is 8.51. The van der Waals surface area contributed by atoms with Gasteiger partial charge in [0.1, 0.15) is 12.1 Å². The molecule has 24 heavy (non-hydrogen) atoms. The first-order chi connectivity index (χ1) is 11.9. The molecule has 4 rings (SSSR count). The van der Waals surface area contributed by atoms with Crippen molar-refractivity contribution in [1.29, 1.82) is 0 Å². The number of morpholine rings is 1. The maximum absolute atomic E-state index is 5.44. The van der Waals surface area contributed by atoms with E-state index in [0.29, 0.717) is 0 Å². The van der Waals surface area contributed by atoms with Crippen LogP contribution in [-0.4, -0.2) is 41.2 Å². The van der Waals surface area contributed by atoms with Crippen LogP contribution in [0.4, 0.5) is 5.82 Å². The fourth-order valence-electron chi connectivity index (χ4n) is 3.27. The van der Waals surface area contributed by atoms with Crippen molar-refractivity contribution in [1.82, 2.24) is 14.9 Å². The normalized spacial score (nSPS) is 17.0. The summed E-state index contributed by atoms with van der Waals surface area (Å²) in [5.74, 6) is 0.950. The van der Waals surface area contributed by atoms with E-state index in [1.54, 1.807) is 6.33 Å². The smallest absolute Gasteiger partial charge is 0.133 e. The van der Waals surface area contributed by atoms with Crippen LogP contribution in [0, 0.1) is 0 Å². The second-order valence-corrected chi connectivity index (χ2v) is 6.20. The van der Waals surface area contributed by atoms with Crippen LogP contribution in [0.5, 0.6) is 0 Å². The predicted molar refractivity (Wildman–Crippen MR) is 94.6 cm³/mol. The molecule has 5 heteroatoms. The number of hydrogen-bond acceptors (Lipinski definition) is 5. The number of anilines is 1. The maximum atomic E-state index is 5.44. The fourth-order valence-corrected chi connectivity index (χ4v) is 3.27. The van der Waals surface area contributed by atoms with E-state index in [9.17, 15) is 0 Å². The molecular weight excluding hydrogens is 300 g/mol. The molecule has 0 amide bonds. The van der Waals surface area contributed by atoms with Gasteiger partial charge in [0.15, 0.2) is 0 Å². The van der Waals surface area contributed by atoms with Crippen LogP contribution in [0.1, 0.15) is 22.4 Å². The van der Waals surface area contributed by atoms with Gasteiger partial charge in [-0.05, 0) is 23.6 Å². The minimum atomic E-state index is 0.782. The number of nitrogens with zero attached hydrogens (tertiary/aromatic N) is 3. The SMILES string of the molecule is C1=Cc2ncnc(NCc3ccccc3CN3CCOCC3)c2C1. The number of hydrogen-bond donors (Lipinski definition) is 1. The lowest BCUT2D eigenvalue weighted by Gasteiger charge is -2.27. The molecule has 1 aliphatic carbocycles. The Kier molecular flexibility index (Phi) is 4.53. The highest BCUT2D eigenvalue weighted by atomic mass is 16.5. The molecule has 1 aromatic carbocycles. The second-order valence-electron chi connectivity index (χ2n) is 6.20. The van der Waals surface area contributed by atoms with Gasteiger partial charge in [0, 0.05) is 31.7 Å². The molecule has 0 atom stereocenters. The van der Waals surface area contributed by atoms with Gasteiger partial charge in [-0.15, -0.1) is 0 Å². The van der Waals surface area contributed by atoms with Gasteiger partial charge < -0.3 is 10.1 Å². The quantitative estimate of drug-likeness (QED) is 0.916. The van der Waals surface area contributed by atoms with E-state index in [4.69, 9.17) is 4.74 Å². The molecule has 1 fully saturated rings. The molecule has 1 saturated heterocycles. The van der Waals surface area contributed by atoms with E-state index in [-0.39, 0.29) is 0 Å². The third-order valence-electron chi connectivity index (χ3n) is 4.64. The molecule has 2 heterocycles. The van der Waals surface area contributed by atoms with Crippen molar-refractivity contribution < 1.29 is 4.74 Å². The molecule has 0 unspecified atom stereocenters. The van der Waals surface area contributed by atoms with Crippen molar-refractivity contribution in [3.8, 4) is 0 Å². The Balaban J connectivity index is 1.46. The zero-order chi connectivity index (χ0) is 16.2. The lowest BCUT2D eigenvalue weighted by Crippen LogP contribution is -2.35. The molecule has 5 nitrogen and oxygen atoms in total. The molecule has 2 aliphatic rings. The minimum absolute atomic E-state index is 0.782. The number of ether oxygens (including phenoxy) is 1. The number of allylic oxidation sites excluding steroid dienone is 1. The summed E-state index contributed by atoms with van der Waals surface area (Å²) in [7, 11) is 0. The zero-order valence-electron chi connectivity index (χ0n) is 13.7. The Hall–Kier alpha value is -2.24. The Morgan fingerprint density at radius 1 is 1.08 bits per heavy atom. The number of aromatic nitrogens is 2. The minimum Gasteiger partial charge on any atom is -0.379 e.